The van der Waals surface area contributed by atoms with E-state index in [4.69, 9.17) is 0 Å². The Labute approximate surface area is 229 Å². The molecule has 7 aromatic carbocycles. The van der Waals surface area contributed by atoms with E-state index in [0.717, 1.165) is 5.57 Å². The maximum atomic E-state index is 4.07. The van der Waals surface area contributed by atoms with Crippen LogP contribution in [0.25, 0.3) is 70.9 Å². The molecule has 0 heterocycles. The summed E-state index contributed by atoms with van der Waals surface area (Å²) in [5.74, 6) is 0. The topological polar surface area (TPSA) is 0 Å². The fourth-order valence-electron chi connectivity index (χ4n) is 6.32. The SMILES string of the molecule is C=C/C(=C\C)c1cccc2c(-c3c4ccccc4c(-c4cccc5ccccc45)c4ccccc34)cccc12. The summed E-state index contributed by atoms with van der Waals surface area (Å²) >= 11 is 0. The molecule has 0 saturated heterocycles. The third-order valence-corrected chi connectivity index (χ3v) is 8.02. The second-order valence-electron chi connectivity index (χ2n) is 10.0. The molecule has 0 N–H and O–H groups in total. The van der Waals surface area contributed by atoms with Crippen LogP contribution in [0, 0.1) is 0 Å². The van der Waals surface area contributed by atoms with Gasteiger partial charge in [0.25, 0.3) is 0 Å². The van der Waals surface area contributed by atoms with Gasteiger partial charge in [0.2, 0.25) is 0 Å². The minimum atomic E-state index is 1.15. The molecule has 0 bridgehead atoms. The fourth-order valence-corrected chi connectivity index (χ4v) is 6.32. The van der Waals surface area contributed by atoms with Crippen molar-refractivity contribution in [3.63, 3.8) is 0 Å². The second-order valence-corrected chi connectivity index (χ2v) is 10.0. The van der Waals surface area contributed by atoms with Crippen LogP contribution in [-0.2, 0) is 0 Å². The van der Waals surface area contributed by atoms with Crippen molar-refractivity contribution in [2.45, 2.75) is 6.92 Å². The van der Waals surface area contributed by atoms with Gasteiger partial charge in [0.05, 0.1) is 0 Å². The van der Waals surface area contributed by atoms with Crippen molar-refractivity contribution >= 4 is 48.7 Å². The number of rotatable bonds is 4. The van der Waals surface area contributed by atoms with Crippen molar-refractivity contribution < 1.29 is 0 Å². The first kappa shape index (κ1) is 23.2. The summed E-state index contributed by atoms with van der Waals surface area (Å²) in [6.45, 7) is 6.15. The van der Waals surface area contributed by atoms with Crippen LogP contribution in [0.1, 0.15) is 12.5 Å². The Morgan fingerprint density at radius 1 is 0.462 bits per heavy atom. The van der Waals surface area contributed by atoms with Crippen molar-refractivity contribution in [2.24, 2.45) is 0 Å². The average molecular weight is 497 g/mol. The van der Waals surface area contributed by atoms with Crippen LogP contribution < -0.4 is 0 Å². The zero-order valence-corrected chi connectivity index (χ0v) is 22.0. The molecule has 0 atom stereocenters. The van der Waals surface area contributed by atoms with Crippen molar-refractivity contribution in [2.75, 3.05) is 0 Å². The predicted molar refractivity (Wildman–Crippen MR) is 171 cm³/mol. The van der Waals surface area contributed by atoms with E-state index in [1.54, 1.807) is 0 Å². The molecule has 0 unspecified atom stereocenters. The Morgan fingerprint density at radius 3 is 1.49 bits per heavy atom. The maximum absolute atomic E-state index is 4.07. The molecule has 0 fully saturated rings. The summed E-state index contributed by atoms with van der Waals surface area (Å²) in [7, 11) is 0. The van der Waals surface area contributed by atoms with Gasteiger partial charge >= 0.3 is 0 Å². The third kappa shape index (κ3) is 3.60. The number of fused-ring (bicyclic) bond motifs is 4. The summed E-state index contributed by atoms with van der Waals surface area (Å²) in [5, 5.41) is 10.1. The number of hydrogen-bond donors (Lipinski definition) is 0. The van der Waals surface area contributed by atoms with E-state index in [1.165, 1.54) is 70.9 Å². The first-order valence-corrected chi connectivity index (χ1v) is 13.5. The molecule has 0 aliphatic carbocycles. The predicted octanol–water partition coefficient (Wildman–Crippen LogP) is 11.2. The minimum absolute atomic E-state index is 1.15. The van der Waals surface area contributed by atoms with Gasteiger partial charge in [-0.3, -0.25) is 0 Å². The summed E-state index contributed by atoms with van der Waals surface area (Å²) < 4.78 is 0. The normalized spacial score (nSPS) is 12.0. The zero-order chi connectivity index (χ0) is 26.3. The second kappa shape index (κ2) is 9.42. The highest BCUT2D eigenvalue weighted by atomic mass is 14.2. The van der Waals surface area contributed by atoms with Gasteiger partial charge in [-0.15, -0.1) is 0 Å². The molecule has 0 radical (unpaired) electrons. The van der Waals surface area contributed by atoms with Crippen molar-refractivity contribution in [3.05, 3.63) is 152 Å². The van der Waals surface area contributed by atoms with Gasteiger partial charge in [-0.2, -0.15) is 0 Å². The van der Waals surface area contributed by atoms with E-state index in [1.807, 2.05) is 6.08 Å². The van der Waals surface area contributed by atoms with E-state index in [-0.39, 0.29) is 0 Å². The molecule has 0 heteroatoms. The van der Waals surface area contributed by atoms with E-state index in [2.05, 4.69) is 147 Å². The van der Waals surface area contributed by atoms with Crippen LogP contribution in [0.2, 0.25) is 0 Å². The standard InChI is InChI=1S/C39H28/c1-3-26(4-2)28-21-12-23-31-30(28)22-13-25-33(31)39-36-19-9-7-17-34(36)38(35-18-8-10-20-37(35)39)32-24-11-15-27-14-5-6-16-29(27)32/h3-25H,1H2,2H3/b26-4+. The monoisotopic (exact) mass is 496 g/mol. The lowest BCUT2D eigenvalue weighted by Gasteiger charge is -2.20. The molecule has 0 aliphatic heterocycles. The highest BCUT2D eigenvalue weighted by Crippen LogP contribution is 2.46. The van der Waals surface area contributed by atoms with Crippen LogP contribution in [0.15, 0.2) is 146 Å². The molecule has 0 aromatic heterocycles. The minimum Gasteiger partial charge on any atom is -0.0985 e. The molecule has 184 valence electrons. The van der Waals surface area contributed by atoms with E-state index in [9.17, 15) is 0 Å². The van der Waals surface area contributed by atoms with Crippen molar-refractivity contribution in [3.8, 4) is 22.3 Å². The Bertz CT molecular complexity index is 2030. The maximum Gasteiger partial charge on any atom is -0.00201 e. The van der Waals surface area contributed by atoms with Crippen LogP contribution in [0.4, 0.5) is 0 Å². The third-order valence-electron chi connectivity index (χ3n) is 8.02. The lowest BCUT2D eigenvalue weighted by atomic mass is 9.83. The van der Waals surface area contributed by atoms with Crippen LogP contribution in [-0.4, -0.2) is 0 Å². The van der Waals surface area contributed by atoms with Crippen LogP contribution >= 0.6 is 0 Å². The molecular formula is C39H28. The van der Waals surface area contributed by atoms with Gasteiger partial charge in [-0.25, -0.2) is 0 Å². The molecule has 0 aliphatic rings. The highest BCUT2D eigenvalue weighted by molar-refractivity contribution is 6.25. The summed E-state index contributed by atoms with van der Waals surface area (Å²) in [6.07, 6.45) is 4.09. The molecule has 0 saturated carbocycles. The van der Waals surface area contributed by atoms with E-state index < -0.39 is 0 Å². The average Bonchev–Trinajstić information content (AvgIpc) is 3.00. The first-order chi connectivity index (χ1) is 19.3. The lowest BCUT2D eigenvalue weighted by Crippen LogP contribution is -1.93. The molecular weight excluding hydrogens is 468 g/mol. The zero-order valence-electron chi connectivity index (χ0n) is 22.0. The van der Waals surface area contributed by atoms with Gasteiger partial charge in [0.15, 0.2) is 0 Å². The lowest BCUT2D eigenvalue weighted by molar-refractivity contribution is 1.64. The van der Waals surface area contributed by atoms with Crippen LogP contribution in [0.3, 0.4) is 0 Å². The molecule has 0 nitrogen and oxygen atoms in total. The van der Waals surface area contributed by atoms with Gasteiger partial charge in [0, 0.05) is 0 Å². The number of hydrogen-bond acceptors (Lipinski definition) is 0. The van der Waals surface area contributed by atoms with Gasteiger partial charge in [-0.05, 0) is 83.4 Å². The largest absolute Gasteiger partial charge is 0.0985 e. The molecule has 0 amide bonds. The van der Waals surface area contributed by atoms with Crippen molar-refractivity contribution in [1.82, 2.24) is 0 Å². The number of allylic oxidation sites excluding steroid dienone is 3. The Hall–Kier alpha value is -4.94. The summed E-state index contributed by atoms with van der Waals surface area (Å²) in [4.78, 5) is 0. The molecule has 7 rings (SSSR count). The highest BCUT2D eigenvalue weighted by Gasteiger charge is 2.19. The Kier molecular flexibility index (Phi) is 5.60. The quantitative estimate of drug-likeness (QED) is 0.168. The van der Waals surface area contributed by atoms with E-state index >= 15 is 0 Å². The fraction of sp³-hybridized carbons (Fsp3) is 0.0256. The van der Waals surface area contributed by atoms with Crippen LogP contribution in [0.5, 0.6) is 0 Å². The summed E-state index contributed by atoms with van der Waals surface area (Å²) in [5.41, 5.74) is 7.48. The van der Waals surface area contributed by atoms with E-state index in [0.29, 0.717) is 0 Å². The number of benzene rings is 7. The molecule has 7 aromatic rings. The van der Waals surface area contributed by atoms with Gasteiger partial charge < -0.3 is 0 Å². The summed E-state index contributed by atoms with van der Waals surface area (Å²) in [6, 6.07) is 46.5. The molecule has 0 spiro atoms. The Morgan fingerprint density at radius 2 is 0.897 bits per heavy atom. The first-order valence-electron chi connectivity index (χ1n) is 13.5. The van der Waals surface area contributed by atoms with Gasteiger partial charge in [-0.1, -0.05) is 146 Å². The Balaban J connectivity index is 1.65. The smallest absolute Gasteiger partial charge is 0.00201 e. The molecule has 39 heavy (non-hydrogen) atoms. The van der Waals surface area contributed by atoms with Crippen molar-refractivity contribution in [1.29, 1.82) is 0 Å². The van der Waals surface area contributed by atoms with Gasteiger partial charge in [0.1, 0.15) is 0 Å².